The monoisotopic (exact) mass is 396 g/mol. The fraction of sp³-hybridized carbons (Fsp3) is 0.364. The van der Waals surface area contributed by atoms with E-state index in [-0.39, 0.29) is 18.6 Å². The van der Waals surface area contributed by atoms with Gasteiger partial charge in [0.05, 0.1) is 12.1 Å². The predicted molar refractivity (Wildman–Crippen MR) is 108 cm³/mol. The van der Waals surface area contributed by atoms with E-state index in [1.54, 1.807) is 23.1 Å². The first-order valence-corrected chi connectivity index (χ1v) is 9.90. The molecule has 1 saturated heterocycles. The Morgan fingerprint density at radius 1 is 1.07 bits per heavy atom. The van der Waals surface area contributed by atoms with Gasteiger partial charge in [0, 0.05) is 25.9 Å². The van der Waals surface area contributed by atoms with Gasteiger partial charge in [-0.2, -0.15) is 0 Å². The quantitative estimate of drug-likeness (QED) is 0.640. The van der Waals surface area contributed by atoms with Crippen LogP contribution in [0.25, 0.3) is 11.1 Å². The SMILES string of the molecule is CCOc1ccccc1OC1CCN(C(=O)Cn2c(=O)oc3ccccc32)CC1. The number of carbonyl (C=O) groups excluding carboxylic acids is 1. The second-order valence-electron chi connectivity index (χ2n) is 7.00. The maximum absolute atomic E-state index is 12.7. The highest BCUT2D eigenvalue weighted by Crippen LogP contribution is 2.29. The summed E-state index contributed by atoms with van der Waals surface area (Å²) in [5.41, 5.74) is 1.13. The van der Waals surface area contributed by atoms with Crippen LogP contribution in [0.5, 0.6) is 11.5 Å². The van der Waals surface area contributed by atoms with E-state index in [0.29, 0.717) is 30.8 Å². The number of para-hydroxylation sites is 4. The topological polar surface area (TPSA) is 73.9 Å². The number of hydrogen-bond acceptors (Lipinski definition) is 5. The summed E-state index contributed by atoms with van der Waals surface area (Å²) in [7, 11) is 0. The number of nitrogens with zero attached hydrogens (tertiary/aromatic N) is 2. The van der Waals surface area contributed by atoms with E-state index < -0.39 is 5.76 Å². The van der Waals surface area contributed by atoms with Gasteiger partial charge < -0.3 is 18.8 Å². The second-order valence-corrected chi connectivity index (χ2v) is 7.00. The molecule has 1 aliphatic rings. The van der Waals surface area contributed by atoms with Crippen LogP contribution in [0.3, 0.4) is 0 Å². The van der Waals surface area contributed by atoms with Crippen LogP contribution in [0.15, 0.2) is 57.7 Å². The highest BCUT2D eigenvalue weighted by atomic mass is 16.5. The van der Waals surface area contributed by atoms with Crippen LogP contribution in [-0.4, -0.2) is 41.2 Å². The molecule has 0 spiro atoms. The zero-order chi connectivity index (χ0) is 20.2. The lowest BCUT2D eigenvalue weighted by Gasteiger charge is -2.32. The standard InChI is InChI=1S/C22H24N2O5/c1-2-27-19-9-5-6-10-20(19)28-16-11-13-23(14-12-16)21(25)15-24-17-7-3-4-8-18(17)29-22(24)26/h3-10,16H,2,11-15H2,1H3. The number of piperidine rings is 1. The Labute approximate surface area is 168 Å². The molecule has 1 fully saturated rings. The highest BCUT2D eigenvalue weighted by molar-refractivity contribution is 5.79. The summed E-state index contributed by atoms with van der Waals surface area (Å²) in [6.45, 7) is 3.68. The normalized spacial score (nSPS) is 14.9. The van der Waals surface area contributed by atoms with Gasteiger partial charge in [-0.15, -0.1) is 0 Å². The lowest BCUT2D eigenvalue weighted by atomic mass is 10.1. The van der Waals surface area contributed by atoms with Crippen molar-refractivity contribution in [3.05, 3.63) is 59.1 Å². The average Bonchev–Trinajstić information content (AvgIpc) is 3.05. The van der Waals surface area contributed by atoms with E-state index in [1.807, 2.05) is 37.3 Å². The summed E-state index contributed by atoms with van der Waals surface area (Å²) in [5.74, 6) is 0.868. The van der Waals surface area contributed by atoms with Gasteiger partial charge in [0.25, 0.3) is 0 Å². The number of benzene rings is 2. The van der Waals surface area contributed by atoms with Gasteiger partial charge in [0.2, 0.25) is 5.91 Å². The van der Waals surface area contributed by atoms with Crippen LogP contribution in [0.4, 0.5) is 0 Å². The van der Waals surface area contributed by atoms with Crippen molar-refractivity contribution in [3.8, 4) is 11.5 Å². The smallest absolute Gasteiger partial charge is 0.420 e. The Hall–Kier alpha value is -3.22. The number of hydrogen-bond donors (Lipinski definition) is 0. The zero-order valence-corrected chi connectivity index (χ0v) is 16.4. The number of carbonyl (C=O) groups is 1. The molecule has 1 aromatic heterocycles. The summed E-state index contributed by atoms with van der Waals surface area (Å²) in [6.07, 6.45) is 1.48. The summed E-state index contributed by atoms with van der Waals surface area (Å²) < 4.78 is 18.3. The maximum atomic E-state index is 12.7. The average molecular weight is 396 g/mol. The van der Waals surface area contributed by atoms with E-state index in [9.17, 15) is 9.59 Å². The zero-order valence-electron chi connectivity index (χ0n) is 16.4. The molecule has 2 heterocycles. The van der Waals surface area contributed by atoms with Crippen molar-refractivity contribution >= 4 is 17.0 Å². The third kappa shape index (κ3) is 4.13. The van der Waals surface area contributed by atoms with Gasteiger partial charge in [0.1, 0.15) is 12.6 Å². The third-order valence-corrected chi connectivity index (χ3v) is 5.10. The van der Waals surface area contributed by atoms with Crippen molar-refractivity contribution < 1.29 is 18.7 Å². The van der Waals surface area contributed by atoms with E-state index >= 15 is 0 Å². The molecule has 0 bridgehead atoms. The van der Waals surface area contributed by atoms with Gasteiger partial charge >= 0.3 is 5.76 Å². The molecule has 1 aliphatic heterocycles. The van der Waals surface area contributed by atoms with Gasteiger partial charge in [-0.3, -0.25) is 9.36 Å². The minimum Gasteiger partial charge on any atom is -0.490 e. The largest absolute Gasteiger partial charge is 0.490 e. The van der Waals surface area contributed by atoms with E-state index in [1.165, 1.54) is 4.57 Å². The Bertz CT molecular complexity index is 1050. The van der Waals surface area contributed by atoms with E-state index in [2.05, 4.69) is 0 Å². The molecule has 7 heteroatoms. The summed E-state index contributed by atoms with van der Waals surface area (Å²) in [6, 6.07) is 14.8. The van der Waals surface area contributed by atoms with Gasteiger partial charge in [-0.05, 0) is 31.2 Å². The van der Waals surface area contributed by atoms with Gasteiger partial charge in [0.15, 0.2) is 17.1 Å². The molecule has 3 aromatic rings. The van der Waals surface area contributed by atoms with Crippen LogP contribution in [-0.2, 0) is 11.3 Å². The predicted octanol–water partition coefficient (Wildman–Crippen LogP) is 3.06. The Morgan fingerprint density at radius 3 is 2.52 bits per heavy atom. The van der Waals surface area contributed by atoms with Crippen molar-refractivity contribution in [1.82, 2.24) is 9.47 Å². The number of aromatic nitrogens is 1. The lowest BCUT2D eigenvalue weighted by molar-refractivity contribution is -0.133. The Kier molecular flexibility index (Phi) is 5.55. The van der Waals surface area contributed by atoms with Crippen molar-refractivity contribution in [2.45, 2.75) is 32.4 Å². The number of fused-ring (bicyclic) bond motifs is 1. The molecule has 0 aliphatic carbocycles. The maximum Gasteiger partial charge on any atom is 0.420 e. The van der Waals surface area contributed by atoms with Crippen LogP contribution < -0.4 is 15.2 Å². The second kappa shape index (κ2) is 8.43. The molecule has 1 amide bonds. The lowest BCUT2D eigenvalue weighted by Crippen LogP contribution is -2.43. The first-order valence-electron chi connectivity index (χ1n) is 9.90. The fourth-order valence-electron chi connectivity index (χ4n) is 3.62. The van der Waals surface area contributed by atoms with Crippen molar-refractivity contribution in [2.75, 3.05) is 19.7 Å². The first-order chi connectivity index (χ1) is 14.2. The third-order valence-electron chi connectivity index (χ3n) is 5.10. The number of oxazole rings is 1. The van der Waals surface area contributed by atoms with Crippen LogP contribution >= 0.6 is 0 Å². The molecular weight excluding hydrogens is 372 g/mol. The summed E-state index contributed by atoms with van der Waals surface area (Å²) in [5, 5.41) is 0. The molecule has 7 nitrogen and oxygen atoms in total. The number of rotatable bonds is 6. The van der Waals surface area contributed by atoms with Crippen molar-refractivity contribution in [3.63, 3.8) is 0 Å². The van der Waals surface area contributed by atoms with E-state index in [0.717, 1.165) is 24.3 Å². The van der Waals surface area contributed by atoms with Gasteiger partial charge in [-0.1, -0.05) is 24.3 Å². The molecule has 0 N–H and O–H groups in total. The van der Waals surface area contributed by atoms with Crippen molar-refractivity contribution in [1.29, 1.82) is 0 Å². The Balaban J connectivity index is 1.36. The van der Waals surface area contributed by atoms with Crippen LogP contribution in [0.1, 0.15) is 19.8 Å². The molecule has 29 heavy (non-hydrogen) atoms. The van der Waals surface area contributed by atoms with Crippen LogP contribution in [0, 0.1) is 0 Å². The molecule has 2 aromatic carbocycles. The molecule has 152 valence electrons. The summed E-state index contributed by atoms with van der Waals surface area (Å²) >= 11 is 0. The van der Waals surface area contributed by atoms with Gasteiger partial charge in [-0.25, -0.2) is 4.79 Å². The number of likely N-dealkylation sites (tertiary alicyclic amines) is 1. The van der Waals surface area contributed by atoms with Crippen LogP contribution in [0.2, 0.25) is 0 Å². The molecule has 0 atom stereocenters. The fourth-order valence-corrected chi connectivity index (χ4v) is 3.62. The molecule has 0 radical (unpaired) electrons. The number of amides is 1. The number of ether oxygens (including phenoxy) is 2. The molecule has 4 rings (SSSR count). The molecular formula is C22H24N2O5. The molecule has 0 saturated carbocycles. The Morgan fingerprint density at radius 2 is 1.76 bits per heavy atom. The summed E-state index contributed by atoms with van der Waals surface area (Å²) in [4.78, 5) is 26.6. The minimum absolute atomic E-state index is 0.0193. The van der Waals surface area contributed by atoms with E-state index in [4.69, 9.17) is 13.9 Å². The first kappa shape index (κ1) is 19.1. The van der Waals surface area contributed by atoms with Crippen molar-refractivity contribution in [2.24, 2.45) is 0 Å². The minimum atomic E-state index is -0.509. The highest BCUT2D eigenvalue weighted by Gasteiger charge is 2.25. The molecule has 0 unspecified atom stereocenters.